The van der Waals surface area contributed by atoms with Crippen LogP contribution in [-0.4, -0.2) is 51.9 Å². The van der Waals surface area contributed by atoms with E-state index >= 15 is 0 Å². The number of hydrogen-bond donors (Lipinski definition) is 2. The lowest BCUT2D eigenvalue weighted by molar-refractivity contribution is -0.131. The Balaban J connectivity index is 1.87. The van der Waals surface area contributed by atoms with Crippen molar-refractivity contribution in [2.75, 3.05) is 29.8 Å². The van der Waals surface area contributed by atoms with E-state index < -0.39 is 21.8 Å². The van der Waals surface area contributed by atoms with Crippen molar-refractivity contribution in [3.8, 4) is 5.75 Å². The number of anilines is 2. The second-order valence-electron chi connectivity index (χ2n) is 7.52. The van der Waals surface area contributed by atoms with Crippen LogP contribution in [0.1, 0.15) is 19.4 Å². The van der Waals surface area contributed by atoms with E-state index in [9.17, 15) is 17.6 Å². The minimum Gasteiger partial charge on any atom is -0.495 e. The van der Waals surface area contributed by atoms with E-state index in [1.54, 1.807) is 0 Å². The number of halogens is 1. The van der Waals surface area contributed by atoms with Crippen LogP contribution < -0.4 is 14.4 Å². The van der Waals surface area contributed by atoms with Gasteiger partial charge in [-0.15, -0.1) is 0 Å². The van der Waals surface area contributed by atoms with E-state index in [1.165, 1.54) is 43.5 Å². The van der Waals surface area contributed by atoms with Gasteiger partial charge < -0.3 is 19.5 Å². The van der Waals surface area contributed by atoms with Crippen LogP contribution in [-0.2, 0) is 19.6 Å². The topological polar surface area (TPSA) is 105 Å². The highest BCUT2D eigenvalue weighted by atomic mass is 32.2. The molecular formula is C22H25FN2O6S. The number of carboxylic acid groups (broad SMARTS) is 1. The van der Waals surface area contributed by atoms with Crippen molar-refractivity contribution in [2.45, 2.75) is 31.0 Å². The Bertz CT molecular complexity index is 1130. The van der Waals surface area contributed by atoms with Gasteiger partial charge in [0.2, 0.25) is 0 Å². The van der Waals surface area contributed by atoms with E-state index in [2.05, 4.69) is 4.72 Å². The third-order valence-corrected chi connectivity index (χ3v) is 6.26. The molecule has 2 atom stereocenters. The van der Waals surface area contributed by atoms with Gasteiger partial charge in [0.15, 0.2) is 0 Å². The van der Waals surface area contributed by atoms with Crippen molar-refractivity contribution in [2.24, 2.45) is 0 Å². The monoisotopic (exact) mass is 464 g/mol. The Hall–Kier alpha value is -3.11. The zero-order valence-electron chi connectivity index (χ0n) is 17.9. The fourth-order valence-corrected chi connectivity index (χ4v) is 4.84. The maximum Gasteiger partial charge on any atom is 0.328 e. The molecule has 172 valence electrons. The summed E-state index contributed by atoms with van der Waals surface area (Å²) in [6, 6.07) is 8.36. The third-order valence-electron chi connectivity index (χ3n) is 4.86. The van der Waals surface area contributed by atoms with Gasteiger partial charge in [-0.2, -0.15) is 0 Å². The molecule has 2 aromatic rings. The second kappa shape index (κ2) is 9.58. The maximum atomic E-state index is 14.8. The molecule has 2 aromatic carbocycles. The Kier molecular flexibility index (Phi) is 7.05. The van der Waals surface area contributed by atoms with E-state index in [4.69, 9.17) is 14.6 Å². The SMILES string of the molecule is COc1ccc(/C=C/C(=O)O)cc1S(=O)(=O)Nc1ccc(N2CC(C)OC(C)C2)c(F)c1. The van der Waals surface area contributed by atoms with Crippen molar-refractivity contribution in [1.29, 1.82) is 0 Å². The van der Waals surface area contributed by atoms with Crippen molar-refractivity contribution >= 4 is 33.4 Å². The minimum absolute atomic E-state index is 0.0498. The number of rotatable bonds is 7. The van der Waals surface area contributed by atoms with Crippen LogP contribution in [0.3, 0.4) is 0 Å². The molecule has 0 aromatic heterocycles. The normalized spacial score (nSPS) is 19.2. The molecule has 1 fully saturated rings. The molecule has 1 saturated heterocycles. The van der Waals surface area contributed by atoms with Gasteiger partial charge in [-0.05, 0) is 49.8 Å². The zero-order chi connectivity index (χ0) is 23.5. The molecule has 0 spiro atoms. The molecule has 1 heterocycles. The standard InChI is InChI=1S/C22H25FN2O6S/c1-14-12-25(13-15(2)31-14)19-7-6-17(11-18(19)23)24-32(28,29)21-10-16(5-9-22(26)27)4-8-20(21)30-3/h4-11,14-15,24H,12-13H2,1-3H3,(H,26,27)/b9-5+. The van der Waals surface area contributed by atoms with Crippen LogP contribution in [0.5, 0.6) is 5.75 Å². The molecule has 8 nitrogen and oxygen atoms in total. The Labute approximate surface area is 186 Å². The number of morpholine rings is 1. The number of sulfonamides is 1. The quantitative estimate of drug-likeness (QED) is 0.606. The number of carbonyl (C=O) groups is 1. The lowest BCUT2D eigenvalue weighted by atomic mass is 10.2. The Morgan fingerprint density at radius 1 is 1.22 bits per heavy atom. The smallest absolute Gasteiger partial charge is 0.328 e. The van der Waals surface area contributed by atoms with E-state index in [0.717, 1.165) is 12.1 Å². The number of ether oxygens (including phenoxy) is 2. The molecule has 0 amide bonds. The molecule has 2 unspecified atom stereocenters. The summed E-state index contributed by atoms with van der Waals surface area (Å²) < 4.78 is 54.0. The lowest BCUT2D eigenvalue weighted by Crippen LogP contribution is -2.45. The van der Waals surface area contributed by atoms with Gasteiger partial charge in [0, 0.05) is 25.2 Å². The molecule has 1 aliphatic rings. The molecule has 0 saturated carbocycles. The number of nitrogens with zero attached hydrogens (tertiary/aromatic N) is 1. The number of benzene rings is 2. The fourth-order valence-electron chi connectivity index (χ4n) is 3.59. The van der Waals surface area contributed by atoms with Crippen LogP contribution >= 0.6 is 0 Å². The summed E-state index contributed by atoms with van der Waals surface area (Å²) in [6.07, 6.45) is 2.06. The van der Waals surface area contributed by atoms with Gasteiger partial charge in [0.25, 0.3) is 10.0 Å². The molecule has 10 heteroatoms. The van der Waals surface area contributed by atoms with Crippen LogP contribution in [0.15, 0.2) is 47.4 Å². The first-order valence-electron chi connectivity index (χ1n) is 9.91. The van der Waals surface area contributed by atoms with Gasteiger partial charge in [-0.25, -0.2) is 17.6 Å². The van der Waals surface area contributed by atoms with Gasteiger partial charge in [0.05, 0.1) is 30.7 Å². The predicted molar refractivity (Wildman–Crippen MR) is 119 cm³/mol. The van der Waals surface area contributed by atoms with Crippen LogP contribution in [0.2, 0.25) is 0 Å². The highest BCUT2D eigenvalue weighted by Crippen LogP contribution is 2.30. The number of aliphatic carboxylic acids is 1. The van der Waals surface area contributed by atoms with E-state index in [-0.39, 0.29) is 28.5 Å². The summed E-state index contributed by atoms with van der Waals surface area (Å²) in [5, 5.41) is 8.78. The molecule has 0 radical (unpaired) electrons. The molecule has 0 aliphatic carbocycles. The van der Waals surface area contributed by atoms with E-state index in [1.807, 2.05) is 18.7 Å². The lowest BCUT2D eigenvalue weighted by Gasteiger charge is -2.37. The van der Waals surface area contributed by atoms with Gasteiger partial charge >= 0.3 is 5.97 Å². The first-order chi connectivity index (χ1) is 15.1. The third kappa shape index (κ3) is 5.57. The van der Waals surface area contributed by atoms with Gasteiger partial charge in [-0.3, -0.25) is 4.72 Å². The number of methoxy groups -OCH3 is 1. The average molecular weight is 465 g/mol. The summed E-state index contributed by atoms with van der Waals surface area (Å²) in [5.41, 5.74) is 0.771. The molecule has 32 heavy (non-hydrogen) atoms. The first-order valence-corrected chi connectivity index (χ1v) is 11.4. The summed E-state index contributed by atoms with van der Waals surface area (Å²) in [6.45, 7) is 4.88. The number of carboxylic acids is 1. The van der Waals surface area contributed by atoms with Crippen LogP contribution in [0.4, 0.5) is 15.8 Å². The largest absolute Gasteiger partial charge is 0.495 e. The summed E-state index contributed by atoms with van der Waals surface area (Å²) in [4.78, 5) is 12.4. The van der Waals surface area contributed by atoms with Crippen molar-refractivity contribution < 1.29 is 32.2 Å². The van der Waals surface area contributed by atoms with Crippen molar-refractivity contribution in [1.82, 2.24) is 0 Å². The van der Waals surface area contributed by atoms with Crippen molar-refractivity contribution in [3.05, 3.63) is 53.9 Å². The molecular weight excluding hydrogens is 439 g/mol. The van der Waals surface area contributed by atoms with Crippen LogP contribution in [0, 0.1) is 5.82 Å². The average Bonchev–Trinajstić information content (AvgIpc) is 2.71. The zero-order valence-corrected chi connectivity index (χ0v) is 18.7. The molecule has 2 N–H and O–H groups in total. The maximum absolute atomic E-state index is 14.8. The highest BCUT2D eigenvalue weighted by Gasteiger charge is 2.25. The number of nitrogens with one attached hydrogen (secondary N) is 1. The second-order valence-corrected chi connectivity index (χ2v) is 9.17. The Morgan fingerprint density at radius 3 is 2.50 bits per heavy atom. The fraction of sp³-hybridized carbons (Fsp3) is 0.318. The molecule has 1 aliphatic heterocycles. The first kappa shape index (κ1) is 23.6. The summed E-state index contributed by atoms with van der Waals surface area (Å²) in [5.74, 6) is -1.65. The summed E-state index contributed by atoms with van der Waals surface area (Å²) in [7, 11) is -2.83. The van der Waals surface area contributed by atoms with Crippen molar-refractivity contribution in [3.63, 3.8) is 0 Å². The van der Waals surface area contributed by atoms with Gasteiger partial charge in [0.1, 0.15) is 16.5 Å². The molecule has 0 bridgehead atoms. The van der Waals surface area contributed by atoms with Gasteiger partial charge in [-0.1, -0.05) is 6.07 Å². The minimum atomic E-state index is -4.15. The van der Waals surface area contributed by atoms with Crippen LogP contribution in [0.25, 0.3) is 6.08 Å². The Morgan fingerprint density at radius 2 is 1.91 bits per heavy atom. The van der Waals surface area contributed by atoms with E-state index in [0.29, 0.717) is 24.3 Å². The number of hydrogen-bond acceptors (Lipinski definition) is 6. The summed E-state index contributed by atoms with van der Waals surface area (Å²) >= 11 is 0. The predicted octanol–water partition coefficient (Wildman–Crippen LogP) is 3.35. The molecule has 3 rings (SSSR count). The highest BCUT2D eigenvalue weighted by molar-refractivity contribution is 7.92.